The molecule has 4 heterocycles. The fourth-order valence-corrected chi connectivity index (χ4v) is 4.38. The Morgan fingerprint density at radius 1 is 1.36 bits per heavy atom. The van der Waals surface area contributed by atoms with Crippen molar-refractivity contribution in [1.29, 1.82) is 5.26 Å². The first kappa shape index (κ1) is 25.2. The van der Waals surface area contributed by atoms with Crippen LogP contribution in [-0.4, -0.2) is 89.8 Å². The third-order valence-electron chi connectivity index (χ3n) is 6.14. The molecule has 1 aliphatic heterocycles. The Bertz CT molecular complexity index is 1240. The minimum absolute atomic E-state index is 0.277. The molecular weight excluding hydrogens is 462 g/mol. The van der Waals surface area contributed by atoms with Crippen LogP contribution in [0.5, 0.6) is 5.75 Å². The van der Waals surface area contributed by atoms with E-state index in [4.69, 9.17) is 14.5 Å². The first-order valence-electron chi connectivity index (χ1n) is 11.9. The molecule has 0 aliphatic carbocycles. The van der Waals surface area contributed by atoms with Gasteiger partial charge < -0.3 is 29.7 Å². The van der Waals surface area contributed by atoms with E-state index in [1.807, 2.05) is 44.1 Å². The van der Waals surface area contributed by atoms with Crippen molar-refractivity contribution in [2.24, 2.45) is 0 Å². The molecule has 11 heteroatoms. The number of likely N-dealkylation sites (N-methyl/N-ethyl adjacent to an activating group) is 1. The molecular formula is C25H31N7O4. The Labute approximate surface area is 209 Å². The molecule has 1 saturated heterocycles. The van der Waals surface area contributed by atoms with Gasteiger partial charge in [-0.05, 0) is 45.6 Å². The number of aromatic nitrogens is 3. The van der Waals surface area contributed by atoms with Crippen molar-refractivity contribution in [1.82, 2.24) is 24.8 Å². The number of carboxylic acid groups (broad SMARTS) is 1. The van der Waals surface area contributed by atoms with Crippen LogP contribution in [0.1, 0.15) is 18.9 Å². The number of rotatable bonds is 9. The highest BCUT2D eigenvalue weighted by Gasteiger charge is 2.32. The number of fused-ring (bicyclic) bond motifs is 1. The molecule has 0 aromatic carbocycles. The van der Waals surface area contributed by atoms with Gasteiger partial charge in [-0.2, -0.15) is 10.4 Å². The number of nitrogens with zero attached hydrogens (tertiary/aromatic N) is 6. The van der Waals surface area contributed by atoms with Crippen LogP contribution in [0.3, 0.4) is 0 Å². The lowest BCUT2D eigenvalue weighted by atomic mass is 10.0. The van der Waals surface area contributed by atoms with Gasteiger partial charge in [-0.15, -0.1) is 0 Å². The zero-order valence-electron chi connectivity index (χ0n) is 20.7. The first-order chi connectivity index (χ1) is 17.4. The zero-order valence-corrected chi connectivity index (χ0v) is 20.7. The standard InChI is InChI=1S/C25H31N7O4/c1-4-35-19-11-20(24-18(12-26)14-28-32(24)15-19)17-5-6-23(27-13-17)31-8-7-21(29-25(33)34)22(16-31)36-10-9-30(2)3/h5-6,11,13-15,21-22,29H,4,7-10,16H2,1-3H3,(H,33,34)/t21-,22-/m1/s1. The highest BCUT2D eigenvalue weighted by Crippen LogP contribution is 2.31. The Morgan fingerprint density at radius 3 is 2.86 bits per heavy atom. The van der Waals surface area contributed by atoms with Gasteiger partial charge in [0.25, 0.3) is 0 Å². The molecule has 0 radical (unpaired) electrons. The number of hydrogen-bond donors (Lipinski definition) is 2. The highest BCUT2D eigenvalue weighted by atomic mass is 16.5. The summed E-state index contributed by atoms with van der Waals surface area (Å²) >= 11 is 0. The van der Waals surface area contributed by atoms with Gasteiger partial charge in [0.05, 0.1) is 48.8 Å². The molecule has 0 saturated carbocycles. The van der Waals surface area contributed by atoms with Crippen molar-refractivity contribution < 1.29 is 19.4 Å². The molecule has 0 bridgehead atoms. The summed E-state index contributed by atoms with van der Waals surface area (Å²) < 4.78 is 13.4. The maximum Gasteiger partial charge on any atom is 0.404 e. The molecule has 3 aromatic rings. The maximum atomic E-state index is 11.3. The van der Waals surface area contributed by atoms with Gasteiger partial charge in [-0.3, -0.25) is 0 Å². The Hall–Kier alpha value is -3.88. The first-order valence-corrected chi connectivity index (χ1v) is 11.9. The second-order valence-corrected chi connectivity index (χ2v) is 8.89. The van der Waals surface area contributed by atoms with Crippen LogP contribution in [0, 0.1) is 11.3 Å². The molecule has 0 spiro atoms. The van der Waals surface area contributed by atoms with E-state index in [0.717, 1.165) is 23.5 Å². The van der Waals surface area contributed by atoms with E-state index in [1.165, 1.54) is 0 Å². The summed E-state index contributed by atoms with van der Waals surface area (Å²) in [6, 6.07) is 7.72. The number of nitrogens with one attached hydrogen (secondary N) is 1. The number of ether oxygens (including phenoxy) is 2. The maximum absolute atomic E-state index is 11.3. The molecule has 190 valence electrons. The second-order valence-electron chi connectivity index (χ2n) is 8.89. The Kier molecular flexibility index (Phi) is 7.87. The Morgan fingerprint density at radius 2 is 2.19 bits per heavy atom. The molecule has 1 amide bonds. The third-order valence-corrected chi connectivity index (χ3v) is 6.14. The van der Waals surface area contributed by atoms with Crippen LogP contribution < -0.4 is 15.0 Å². The smallest absolute Gasteiger partial charge is 0.404 e. The number of nitriles is 1. The summed E-state index contributed by atoms with van der Waals surface area (Å²) in [6.45, 7) is 4.86. The van der Waals surface area contributed by atoms with Crippen LogP contribution in [0.4, 0.5) is 10.6 Å². The monoisotopic (exact) mass is 493 g/mol. The van der Waals surface area contributed by atoms with Crippen LogP contribution in [0.25, 0.3) is 16.6 Å². The molecule has 2 N–H and O–H groups in total. The SMILES string of the molecule is CCOc1cc(-c2ccc(N3CC[C@@H](NC(=O)O)[C@H](OCCN(C)C)C3)nc2)c2c(C#N)cnn2c1. The molecule has 3 aromatic heterocycles. The van der Waals surface area contributed by atoms with Crippen LogP contribution in [-0.2, 0) is 4.74 Å². The molecule has 1 aliphatic rings. The number of hydrogen-bond acceptors (Lipinski definition) is 8. The summed E-state index contributed by atoms with van der Waals surface area (Å²) in [7, 11) is 3.94. The van der Waals surface area contributed by atoms with Gasteiger partial charge in [0.1, 0.15) is 17.6 Å². The van der Waals surface area contributed by atoms with Crippen molar-refractivity contribution >= 4 is 17.4 Å². The van der Waals surface area contributed by atoms with Crippen molar-refractivity contribution in [3.8, 4) is 22.9 Å². The average Bonchev–Trinajstić information content (AvgIpc) is 3.27. The molecule has 0 unspecified atom stereocenters. The lowest BCUT2D eigenvalue weighted by Crippen LogP contribution is -2.55. The van der Waals surface area contributed by atoms with Crippen LogP contribution in [0.2, 0.25) is 0 Å². The number of piperidine rings is 1. The molecule has 36 heavy (non-hydrogen) atoms. The van der Waals surface area contributed by atoms with Crippen molar-refractivity contribution in [2.45, 2.75) is 25.5 Å². The van der Waals surface area contributed by atoms with Gasteiger partial charge in [-0.1, -0.05) is 0 Å². The topological polar surface area (TPSA) is 128 Å². The predicted octanol–water partition coefficient (Wildman–Crippen LogP) is 2.46. The van der Waals surface area contributed by atoms with E-state index < -0.39 is 6.09 Å². The van der Waals surface area contributed by atoms with Gasteiger partial charge in [-0.25, -0.2) is 14.3 Å². The largest absolute Gasteiger partial charge is 0.492 e. The highest BCUT2D eigenvalue weighted by molar-refractivity contribution is 5.85. The summed E-state index contributed by atoms with van der Waals surface area (Å²) in [4.78, 5) is 20.1. The Balaban J connectivity index is 1.57. The predicted molar refractivity (Wildman–Crippen MR) is 134 cm³/mol. The van der Waals surface area contributed by atoms with Gasteiger partial charge in [0.15, 0.2) is 0 Å². The summed E-state index contributed by atoms with van der Waals surface area (Å²) in [5, 5.41) is 25.7. The molecule has 1 fully saturated rings. The average molecular weight is 494 g/mol. The third kappa shape index (κ3) is 5.67. The van der Waals surface area contributed by atoms with Crippen molar-refractivity contribution in [3.63, 3.8) is 0 Å². The van der Waals surface area contributed by atoms with Crippen molar-refractivity contribution in [3.05, 3.63) is 42.4 Å². The van der Waals surface area contributed by atoms with Crippen LogP contribution in [0.15, 0.2) is 36.8 Å². The van der Waals surface area contributed by atoms with Crippen LogP contribution >= 0.6 is 0 Å². The number of amides is 1. The zero-order chi connectivity index (χ0) is 25.7. The normalized spacial score (nSPS) is 17.8. The fourth-order valence-electron chi connectivity index (χ4n) is 4.38. The lowest BCUT2D eigenvalue weighted by Gasteiger charge is -2.39. The summed E-state index contributed by atoms with van der Waals surface area (Å²) in [5.74, 6) is 1.43. The number of carbonyl (C=O) groups is 1. The number of pyridine rings is 2. The van der Waals surface area contributed by atoms with E-state index in [1.54, 1.807) is 23.1 Å². The fraction of sp³-hybridized carbons (Fsp3) is 0.440. The molecule has 2 atom stereocenters. The quantitative estimate of drug-likeness (QED) is 0.462. The van der Waals surface area contributed by atoms with Gasteiger partial charge in [0, 0.05) is 37.0 Å². The summed E-state index contributed by atoms with van der Waals surface area (Å²) in [6.07, 6.45) is 4.36. The number of anilines is 1. The van der Waals surface area contributed by atoms with Crippen molar-refractivity contribution in [2.75, 3.05) is 51.8 Å². The van der Waals surface area contributed by atoms with E-state index in [2.05, 4.69) is 21.4 Å². The minimum Gasteiger partial charge on any atom is -0.492 e. The summed E-state index contributed by atoms with van der Waals surface area (Å²) in [5.41, 5.74) is 2.82. The van der Waals surface area contributed by atoms with E-state index in [-0.39, 0.29) is 12.1 Å². The van der Waals surface area contributed by atoms with E-state index in [0.29, 0.717) is 49.6 Å². The van der Waals surface area contributed by atoms with Gasteiger partial charge >= 0.3 is 6.09 Å². The van der Waals surface area contributed by atoms with E-state index in [9.17, 15) is 15.2 Å². The lowest BCUT2D eigenvalue weighted by molar-refractivity contribution is 0.0148. The molecule has 11 nitrogen and oxygen atoms in total. The molecule has 4 rings (SSSR count). The van der Waals surface area contributed by atoms with E-state index >= 15 is 0 Å². The minimum atomic E-state index is -1.05. The van der Waals surface area contributed by atoms with Gasteiger partial charge in [0.2, 0.25) is 0 Å². The second kappa shape index (κ2) is 11.2.